The highest BCUT2D eigenvalue weighted by Gasteiger charge is 2.12. The van der Waals surface area contributed by atoms with Crippen LogP contribution in [0.5, 0.6) is 5.75 Å². The molecule has 0 aliphatic rings. The predicted molar refractivity (Wildman–Crippen MR) is 93.1 cm³/mol. The van der Waals surface area contributed by atoms with E-state index in [-0.39, 0.29) is 0 Å². The Balaban J connectivity index is 2.01. The highest BCUT2D eigenvalue weighted by atomic mass is 35.5. The van der Waals surface area contributed by atoms with E-state index in [1.807, 2.05) is 18.2 Å². The average molecular weight is 323 g/mol. The Morgan fingerprint density at radius 3 is 2.57 bits per heavy atom. The van der Waals surface area contributed by atoms with E-state index in [1.165, 1.54) is 0 Å². The molecule has 0 saturated carbocycles. The Morgan fingerprint density at radius 1 is 1.10 bits per heavy atom. The smallest absolute Gasteiger partial charge is 0.189 e. The summed E-state index contributed by atoms with van der Waals surface area (Å²) in [7, 11) is -1.04. The van der Waals surface area contributed by atoms with Crippen LogP contribution in [-0.4, -0.2) is 21.5 Å². The van der Waals surface area contributed by atoms with Gasteiger partial charge in [-0.2, -0.15) is 0 Å². The van der Waals surface area contributed by atoms with Crippen LogP contribution >= 0.6 is 11.6 Å². The molecule has 0 saturated heterocycles. The van der Waals surface area contributed by atoms with Crippen molar-refractivity contribution < 1.29 is 9.47 Å². The lowest BCUT2D eigenvalue weighted by molar-refractivity contribution is 0.0229. The summed E-state index contributed by atoms with van der Waals surface area (Å²) in [6, 6.07) is 13.4. The lowest BCUT2D eigenvalue weighted by atomic mass is 10.1. The number of fused-ring (bicyclic) bond motifs is 1. The molecule has 0 spiro atoms. The minimum atomic E-state index is -1.04. The number of ether oxygens (including phenoxy) is 2. The van der Waals surface area contributed by atoms with Crippen molar-refractivity contribution in [3.05, 3.63) is 42.0 Å². The molecular formula is C17H23ClO2Si. The molecule has 2 nitrogen and oxygen atoms in total. The molecule has 0 bridgehead atoms. The third-order valence-corrected chi connectivity index (χ3v) is 5.34. The Bertz CT molecular complexity index is 593. The number of halogens is 1. The molecule has 21 heavy (non-hydrogen) atoms. The van der Waals surface area contributed by atoms with Gasteiger partial charge in [0, 0.05) is 25.9 Å². The second kappa shape index (κ2) is 7.30. The molecule has 2 rings (SSSR count). The summed E-state index contributed by atoms with van der Waals surface area (Å²) < 4.78 is 11.4. The molecule has 0 aliphatic heterocycles. The maximum atomic E-state index is 5.95. The monoisotopic (exact) mass is 322 g/mol. The van der Waals surface area contributed by atoms with Crippen molar-refractivity contribution in [1.82, 2.24) is 0 Å². The summed E-state index contributed by atoms with van der Waals surface area (Å²) in [5, 5.41) is 2.24. The van der Waals surface area contributed by atoms with E-state index in [4.69, 9.17) is 21.1 Å². The summed E-state index contributed by atoms with van der Waals surface area (Å²) in [5.41, 5.74) is 1.06. The van der Waals surface area contributed by atoms with Gasteiger partial charge in [0.05, 0.1) is 0 Å². The minimum absolute atomic E-state index is 0.292. The van der Waals surface area contributed by atoms with Crippen molar-refractivity contribution in [3.63, 3.8) is 0 Å². The van der Waals surface area contributed by atoms with Crippen LogP contribution in [0.4, 0.5) is 0 Å². The summed E-state index contributed by atoms with van der Waals surface area (Å²) in [6.07, 6.45) is 0. The molecule has 0 amide bonds. The van der Waals surface area contributed by atoms with E-state index >= 15 is 0 Å². The van der Waals surface area contributed by atoms with Gasteiger partial charge in [-0.25, -0.2) is 0 Å². The van der Waals surface area contributed by atoms with Crippen LogP contribution in [0.2, 0.25) is 25.7 Å². The third-order valence-electron chi connectivity index (χ3n) is 3.33. The topological polar surface area (TPSA) is 18.5 Å². The molecule has 0 heterocycles. The van der Waals surface area contributed by atoms with Gasteiger partial charge in [-0.1, -0.05) is 43.9 Å². The zero-order chi connectivity index (χ0) is 15.3. The Hall–Kier alpha value is -1.03. The molecule has 0 aromatic heterocycles. The summed E-state index contributed by atoms with van der Waals surface area (Å²) in [5.74, 6) is 1.33. The van der Waals surface area contributed by atoms with E-state index in [0.29, 0.717) is 12.7 Å². The van der Waals surface area contributed by atoms with Gasteiger partial charge in [0.2, 0.25) is 0 Å². The molecule has 0 aliphatic carbocycles. The largest absolute Gasteiger partial charge is 0.467 e. The standard InChI is InChI=1S/C17H23ClO2Si/c1-21(2,3)9-8-19-13-20-17-11-14(12-18)10-15-6-4-5-7-16(15)17/h4-7,10-11H,8-9,12-13H2,1-3H3. The lowest BCUT2D eigenvalue weighted by Gasteiger charge is -2.16. The van der Waals surface area contributed by atoms with Gasteiger partial charge >= 0.3 is 0 Å². The predicted octanol–water partition coefficient (Wildman–Crippen LogP) is 5.27. The van der Waals surface area contributed by atoms with Crippen molar-refractivity contribution in [3.8, 4) is 5.75 Å². The molecule has 0 N–H and O–H groups in total. The lowest BCUT2D eigenvalue weighted by Crippen LogP contribution is -2.22. The number of rotatable bonds is 7. The van der Waals surface area contributed by atoms with Gasteiger partial charge in [-0.3, -0.25) is 0 Å². The highest BCUT2D eigenvalue weighted by Crippen LogP contribution is 2.28. The van der Waals surface area contributed by atoms with Crippen molar-refractivity contribution in [2.45, 2.75) is 31.6 Å². The molecular weight excluding hydrogens is 300 g/mol. The molecule has 2 aromatic carbocycles. The first-order valence-corrected chi connectivity index (χ1v) is 11.5. The van der Waals surface area contributed by atoms with Gasteiger partial charge in [-0.15, -0.1) is 11.6 Å². The third kappa shape index (κ3) is 5.02. The summed E-state index contributed by atoms with van der Waals surface area (Å²) >= 11 is 5.95. The number of hydrogen-bond acceptors (Lipinski definition) is 2. The van der Waals surface area contributed by atoms with Crippen molar-refractivity contribution in [2.75, 3.05) is 13.4 Å². The number of benzene rings is 2. The van der Waals surface area contributed by atoms with Crippen LogP contribution in [0.3, 0.4) is 0 Å². The number of alkyl halides is 1. The van der Waals surface area contributed by atoms with Gasteiger partial charge in [0.25, 0.3) is 0 Å². The number of hydrogen-bond donors (Lipinski definition) is 0. The Kier molecular flexibility index (Phi) is 5.68. The van der Waals surface area contributed by atoms with Crippen molar-refractivity contribution in [1.29, 1.82) is 0 Å². The Labute approximate surface area is 133 Å². The van der Waals surface area contributed by atoms with Gasteiger partial charge < -0.3 is 9.47 Å². The van der Waals surface area contributed by atoms with Crippen LogP contribution in [0, 0.1) is 0 Å². The zero-order valence-electron chi connectivity index (χ0n) is 13.0. The SMILES string of the molecule is C[Si](C)(C)CCOCOc1cc(CCl)cc2ccccc12. The Morgan fingerprint density at radius 2 is 1.86 bits per heavy atom. The molecule has 0 atom stereocenters. The molecule has 4 heteroatoms. The van der Waals surface area contributed by atoms with E-state index in [2.05, 4.69) is 37.8 Å². The van der Waals surface area contributed by atoms with Crippen LogP contribution in [0.15, 0.2) is 36.4 Å². The average Bonchev–Trinajstić information content (AvgIpc) is 2.45. The fourth-order valence-corrected chi connectivity index (χ4v) is 2.98. The van der Waals surface area contributed by atoms with Gasteiger partial charge in [0.1, 0.15) is 5.75 Å². The van der Waals surface area contributed by atoms with E-state index < -0.39 is 8.07 Å². The molecule has 0 radical (unpaired) electrons. The maximum Gasteiger partial charge on any atom is 0.189 e. The molecule has 2 aromatic rings. The quantitative estimate of drug-likeness (QED) is 0.299. The first-order chi connectivity index (χ1) is 9.99. The first-order valence-electron chi connectivity index (χ1n) is 7.28. The fourth-order valence-electron chi connectivity index (χ4n) is 2.07. The maximum absolute atomic E-state index is 5.95. The van der Waals surface area contributed by atoms with E-state index in [9.17, 15) is 0 Å². The highest BCUT2D eigenvalue weighted by molar-refractivity contribution is 6.76. The fraction of sp³-hybridized carbons (Fsp3) is 0.412. The van der Waals surface area contributed by atoms with E-state index in [0.717, 1.165) is 34.7 Å². The van der Waals surface area contributed by atoms with E-state index in [1.54, 1.807) is 0 Å². The summed E-state index contributed by atoms with van der Waals surface area (Å²) in [6.45, 7) is 8.08. The summed E-state index contributed by atoms with van der Waals surface area (Å²) in [4.78, 5) is 0. The van der Waals surface area contributed by atoms with Crippen LogP contribution in [0.1, 0.15) is 5.56 Å². The first kappa shape index (κ1) is 16.3. The minimum Gasteiger partial charge on any atom is -0.467 e. The molecule has 0 unspecified atom stereocenters. The van der Waals surface area contributed by atoms with Crippen LogP contribution in [-0.2, 0) is 10.6 Å². The second-order valence-corrected chi connectivity index (χ2v) is 12.3. The van der Waals surface area contributed by atoms with Gasteiger partial charge in [-0.05, 0) is 29.1 Å². The zero-order valence-corrected chi connectivity index (χ0v) is 14.7. The molecule has 114 valence electrons. The van der Waals surface area contributed by atoms with Crippen molar-refractivity contribution in [2.24, 2.45) is 0 Å². The van der Waals surface area contributed by atoms with Crippen LogP contribution < -0.4 is 4.74 Å². The van der Waals surface area contributed by atoms with Crippen molar-refractivity contribution >= 4 is 30.4 Å². The molecule has 0 fully saturated rings. The van der Waals surface area contributed by atoms with Gasteiger partial charge in [0.15, 0.2) is 6.79 Å². The van der Waals surface area contributed by atoms with Crippen LogP contribution in [0.25, 0.3) is 10.8 Å². The second-order valence-electron chi connectivity index (χ2n) is 6.43. The normalized spacial score (nSPS) is 11.8.